The summed E-state index contributed by atoms with van der Waals surface area (Å²) in [6, 6.07) is 0. The summed E-state index contributed by atoms with van der Waals surface area (Å²) in [6.07, 6.45) is 2.43. The maximum absolute atomic E-state index is 4.60. The largest absolute Gasteiger partial charge is 0.357 e. The van der Waals surface area contributed by atoms with E-state index in [9.17, 15) is 0 Å². The topological polar surface area (TPSA) is 49.3 Å². The zero-order valence-electron chi connectivity index (χ0n) is 13.8. The number of rotatable bonds is 7. The van der Waals surface area contributed by atoms with Crippen molar-refractivity contribution in [2.75, 3.05) is 13.1 Å². The standard InChI is InChI=1S/C15H28N4S.HI/c1-6-16-15(17-9-7-8-11(2)3)18-10-14-19-12(4)13(5)20-14;/h11H,6-10H2,1-5H3,(H2,16,17,18);1H. The fourth-order valence-electron chi connectivity index (χ4n) is 1.81. The van der Waals surface area contributed by atoms with Crippen LogP contribution >= 0.6 is 35.3 Å². The summed E-state index contributed by atoms with van der Waals surface area (Å²) in [6.45, 7) is 13.3. The number of halogens is 1. The van der Waals surface area contributed by atoms with E-state index >= 15 is 0 Å². The average molecular weight is 424 g/mol. The lowest BCUT2D eigenvalue weighted by Crippen LogP contribution is -2.37. The molecule has 0 aliphatic carbocycles. The van der Waals surface area contributed by atoms with Gasteiger partial charge in [0.2, 0.25) is 0 Å². The van der Waals surface area contributed by atoms with E-state index in [0.29, 0.717) is 6.54 Å². The Balaban J connectivity index is 0.00000400. The van der Waals surface area contributed by atoms with Gasteiger partial charge in [-0.3, -0.25) is 0 Å². The minimum atomic E-state index is 0. The molecule has 1 heterocycles. The van der Waals surface area contributed by atoms with Gasteiger partial charge >= 0.3 is 0 Å². The molecule has 0 spiro atoms. The number of thiazole rings is 1. The van der Waals surface area contributed by atoms with E-state index in [1.165, 1.54) is 17.7 Å². The molecular formula is C15H29IN4S. The van der Waals surface area contributed by atoms with E-state index < -0.39 is 0 Å². The van der Waals surface area contributed by atoms with Gasteiger partial charge in [-0.2, -0.15) is 0 Å². The molecule has 1 aromatic rings. The number of guanidine groups is 1. The zero-order valence-corrected chi connectivity index (χ0v) is 17.0. The van der Waals surface area contributed by atoms with E-state index in [0.717, 1.165) is 35.7 Å². The normalized spacial score (nSPS) is 11.4. The number of aliphatic imine (C=N–C) groups is 1. The minimum absolute atomic E-state index is 0. The third-order valence-corrected chi connectivity index (χ3v) is 4.10. The van der Waals surface area contributed by atoms with Crippen molar-refractivity contribution in [3.05, 3.63) is 15.6 Å². The average Bonchev–Trinajstić information content (AvgIpc) is 2.70. The highest BCUT2D eigenvalue weighted by molar-refractivity contribution is 14.0. The molecule has 0 atom stereocenters. The number of aromatic nitrogens is 1. The van der Waals surface area contributed by atoms with Crippen LogP contribution < -0.4 is 10.6 Å². The first kappa shape index (κ1) is 20.6. The van der Waals surface area contributed by atoms with Crippen LogP contribution in [0.2, 0.25) is 0 Å². The maximum atomic E-state index is 4.60. The first-order chi connectivity index (χ1) is 9.52. The van der Waals surface area contributed by atoms with Gasteiger partial charge in [-0.1, -0.05) is 13.8 Å². The Morgan fingerprint density at radius 2 is 2.00 bits per heavy atom. The monoisotopic (exact) mass is 424 g/mol. The van der Waals surface area contributed by atoms with Crippen LogP contribution in [0.5, 0.6) is 0 Å². The number of hydrogen-bond acceptors (Lipinski definition) is 3. The first-order valence-electron chi connectivity index (χ1n) is 7.48. The van der Waals surface area contributed by atoms with Gasteiger partial charge in [-0.15, -0.1) is 35.3 Å². The molecule has 1 aromatic heterocycles. The molecule has 2 N–H and O–H groups in total. The molecule has 0 aliphatic heterocycles. The van der Waals surface area contributed by atoms with Gasteiger partial charge in [-0.05, 0) is 39.5 Å². The van der Waals surface area contributed by atoms with Crippen LogP contribution in [0.25, 0.3) is 0 Å². The van der Waals surface area contributed by atoms with E-state index in [-0.39, 0.29) is 24.0 Å². The van der Waals surface area contributed by atoms with Gasteiger partial charge < -0.3 is 10.6 Å². The fraction of sp³-hybridized carbons (Fsp3) is 0.733. The van der Waals surface area contributed by atoms with Gasteiger partial charge in [0, 0.05) is 18.0 Å². The zero-order chi connectivity index (χ0) is 15.0. The molecule has 21 heavy (non-hydrogen) atoms. The summed E-state index contributed by atoms with van der Waals surface area (Å²) in [5, 5.41) is 7.74. The summed E-state index contributed by atoms with van der Waals surface area (Å²) >= 11 is 1.73. The van der Waals surface area contributed by atoms with E-state index in [1.807, 2.05) is 0 Å². The van der Waals surface area contributed by atoms with Crippen molar-refractivity contribution >= 4 is 41.3 Å². The second-order valence-corrected chi connectivity index (χ2v) is 6.69. The first-order valence-corrected chi connectivity index (χ1v) is 8.29. The molecule has 0 aromatic carbocycles. The number of nitrogens with zero attached hydrogens (tertiary/aromatic N) is 2. The minimum Gasteiger partial charge on any atom is -0.357 e. The van der Waals surface area contributed by atoms with Crippen LogP contribution in [0.3, 0.4) is 0 Å². The van der Waals surface area contributed by atoms with Gasteiger partial charge in [0.25, 0.3) is 0 Å². The van der Waals surface area contributed by atoms with Crippen LogP contribution in [0.4, 0.5) is 0 Å². The summed E-state index contributed by atoms with van der Waals surface area (Å²) in [5.41, 5.74) is 1.12. The molecule has 4 nitrogen and oxygen atoms in total. The second kappa shape index (κ2) is 11.2. The van der Waals surface area contributed by atoms with Crippen molar-refractivity contribution in [1.82, 2.24) is 15.6 Å². The lowest BCUT2D eigenvalue weighted by molar-refractivity contribution is 0.549. The molecule has 0 aliphatic rings. The highest BCUT2D eigenvalue weighted by Gasteiger charge is 2.03. The Morgan fingerprint density at radius 3 is 2.52 bits per heavy atom. The van der Waals surface area contributed by atoms with Crippen molar-refractivity contribution < 1.29 is 0 Å². The Labute approximate surface area is 150 Å². The van der Waals surface area contributed by atoms with Crippen LogP contribution in [0.1, 0.15) is 49.2 Å². The molecule has 0 fully saturated rings. The summed E-state index contributed by atoms with van der Waals surface area (Å²) in [4.78, 5) is 10.4. The third kappa shape index (κ3) is 8.60. The van der Waals surface area contributed by atoms with Gasteiger partial charge in [0.15, 0.2) is 5.96 Å². The molecule has 0 amide bonds. The molecule has 0 unspecified atom stereocenters. The van der Waals surface area contributed by atoms with Crippen LogP contribution in [0, 0.1) is 19.8 Å². The van der Waals surface area contributed by atoms with Crippen LogP contribution in [-0.4, -0.2) is 24.0 Å². The second-order valence-electron chi connectivity index (χ2n) is 5.41. The molecule has 0 bridgehead atoms. The van der Waals surface area contributed by atoms with Crippen molar-refractivity contribution in [1.29, 1.82) is 0 Å². The molecule has 122 valence electrons. The van der Waals surface area contributed by atoms with Crippen LogP contribution in [-0.2, 0) is 6.54 Å². The Bertz CT molecular complexity index is 410. The molecule has 0 radical (unpaired) electrons. The summed E-state index contributed by atoms with van der Waals surface area (Å²) in [5.74, 6) is 1.65. The summed E-state index contributed by atoms with van der Waals surface area (Å²) in [7, 11) is 0. The molecule has 1 rings (SSSR count). The molecule has 0 saturated heterocycles. The Hall–Kier alpha value is -0.370. The Morgan fingerprint density at radius 1 is 1.29 bits per heavy atom. The smallest absolute Gasteiger partial charge is 0.191 e. The maximum Gasteiger partial charge on any atom is 0.191 e. The molecule has 0 saturated carbocycles. The van der Waals surface area contributed by atoms with Gasteiger partial charge in [-0.25, -0.2) is 9.98 Å². The SMILES string of the molecule is CCNC(=NCc1nc(C)c(C)s1)NCCCC(C)C.I. The molecule has 6 heteroatoms. The lowest BCUT2D eigenvalue weighted by atomic mass is 10.1. The van der Waals surface area contributed by atoms with Crippen molar-refractivity contribution in [3.8, 4) is 0 Å². The summed E-state index contributed by atoms with van der Waals surface area (Å²) < 4.78 is 0. The van der Waals surface area contributed by atoms with E-state index in [2.05, 4.69) is 55.2 Å². The van der Waals surface area contributed by atoms with E-state index in [1.54, 1.807) is 11.3 Å². The predicted molar refractivity (Wildman–Crippen MR) is 104 cm³/mol. The fourth-order valence-corrected chi connectivity index (χ4v) is 2.67. The van der Waals surface area contributed by atoms with Gasteiger partial charge in [0.1, 0.15) is 5.01 Å². The number of hydrogen-bond donors (Lipinski definition) is 2. The van der Waals surface area contributed by atoms with Gasteiger partial charge in [0.05, 0.1) is 12.2 Å². The number of aryl methyl sites for hydroxylation is 2. The highest BCUT2D eigenvalue weighted by Crippen LogP contribution is 2.16. The lowest BCUT2D eigenvalue weighted by Gasteiger charge is -2.11. The third-order valence-electron chi connectivity index (χ3n) is 3.04. The van der Waals surface area contributed by atoms with Crippen molar-refractivity contribution in [2.24, 2.45) is 10.9 Å². The van der Waals surface area contributed by atoms with Crippen LogP contribution in [0.15, 0.2) is 4.99 Å². The number of nitrogens with one attached hydrogen (secondary N) is 2. The quantitative estimate of drug-likeness (QED) is 0.302. The van der Waals surface area contributed by atoms with Crippen molar-refractivity contribution in [2.45, 2.75) is 54.0 Å². The van der Waals surface area contributed by atoms with Crippen molar-refractivity contribution in [3.63, 3.8) is 0 Å². The highest BCUT2D eigenvalue weighted by atomic mass is 127. The Kier molecular flexibility index (Phi) is 11.0. The molecular weight excluding hydrogens is 395 g/mol. The van der Waals surface area contributed by atoms with E-state index in [4.69, 9.17) is 0 Å². The predicted octanol–water partition coefficient (Wildman–Crippen LogP) is 3.87.